The average molecular weight is 515 g/mol. The first-order chi connectivity index (χ1) is 15.4. The molecule has 1 aromatic carbocycles. The van der Waals surface area contributed by atoms with Crippen LogP contribution in [0.4, 0.5) is 0 Å². The van der Waals surface area contributed by atoms with E-state index in [2.05, 4.69) is 15.9 Å². The van der Waals surface area contributed by atoms with Gasteiger partial charge >= 0.3 is 5.97 Å². The van der Waals surface area contributed by atoms with Crippen LogP contribution in [0, 0.1) is 24.7 Å². The first-order valence-electron chi connectivity index (χ1n) is 11.4. The van der Waals surface area contributed by atoms with E-state index >= 15 is 0 Å². The molecule has 32 heavy (non-hydrogen) atoms. The number of esters is 1. The Kier molecular flexibility index (Phi) is 6.01. The van der Waals surface area contributed by atoms with E-state index in [9.17, 15) is 14.7 Å². The van der Waals surface area contributed by atoms with Gasteiger partial charge in [0.05, 0.1) is 5.57 Å². The molecule has 1 N–H and O–H groups in total. The molecule has 5 rings (SSSR count). The second kappa shape index (κ2) is 8.79. The lowest BCUT2D eigenvalue weighted by Crippen LogP contribution is -2.43. The zero-order valence-electron chi connectivity index (χ0n) is 18.1. The number of Topliss-reactive ketones (excluding diaryl/α,β-unsaturated/α-hetero) is 1. The van der Waals surface area contributed by atoms with E-state index in [4.69, 9.17) is 4.74 Å². The number of hydrogen-bond donors (Lipinski definition) is 1. The van der Waals surface area contributed by atoms with Gasteiger partial charge in [0.1, 0.15) is 0 Å². The van der Waals surface area contributed by atoms with Gasteiger partial charge < -0.3 is 9.84 Å². The number of carbonyl (C=O) groups excluding carboxylic acids is 2. The Hall–Kier alpha value is -1.92. The highest BCUT2D eigenvalue weighted by molar-refractivity contribution is 9.10. The predicted molar refractivity (Wildman–Crippen MR) is 128 cm³/mol. The van der Waals surface area contributed by atoms with Crippen molar-refractivity contribution < 1.29 is 19.4 Å². The Balaban J connectivity index is 1.44. The zero-order valence-corrected chi connectivity index (χ0v) is 20.5. The highest BCUT2D eigenvalue weighted by atomic mass is 79.9. The number of thiophene rings is 1. The van der Waals surface area contributed by atoms with Crippen molar-refractivity contribution in [1.29, 1.82) is 0 Å². The monoisotopic (exact) mass is 514 g/mol. The van der Waals surface area contributed by atoms with E-state index < -0.39 is 17.9 Å². The van der Waals surface area contributed by atoms with Crippen molar-refractivity contribution in [2.75, 3.05) is 0 Å². The molecule has 4 nitrogen and oxygen atoms in total. The van der Waals surface area contributed by atoms with Crippen molar-refractivity contribution in [2.24, 2.45) is 17.8 Å². The van der Waals surface area contributed by atoms with Gasteiger partial charge in [-0.25, -0.2) is 4.79 Å². The molecule has 1 aromatic heterocycles. The summed E-state index contributed by atoms with van der Waals surface area (Å²) >= 11 is 5.08. The van der Waals surface area contributed by atoms with E-state index in [0.717, 1.165) is 51.9 Å². The van der Waals surface area contributed by atoms with Crippen molar-refractivity contribution in [2.45, 2.75) is 57.5 Å². The number of ether oxygens (including phenoxy) is 1. The summed E-state index contributed by atoms with van der Waals surface area (Å²) in [4.78, 5) is 28.8. The van der Waals surface area contributed by atoms with E-state index in [-0.39, 0.29) is 29.1 Å². The fourth-order valence-corrected chi connectivity index (χ4v) is 6.21. The summed E-state index contributed by atoms with van der Waals surface area (Å²) in [5.74, 6) is -0.847. The number of benzene rings is 1. The zero-order chi connectivity index (χ0) is 22.4. The van der Waals surface area contributed by atoms with Crippen LogP contribution in [0.25, 0.3) is 0 Å². The third kappa shape index (κ3) is 4.58. The number of hydrogen-bond acceptors (Lipinski definition) is 5. The van der Waals surface area contributed by atoms with Gasteiger partial charge in [0.25, 0.3) is 0 Å². The summed E-state index contributed by atoms with van der Waals surface area (Å²) in [6.07, 6.45) is 4.86. The van der Waals surface area contributed by atoms with E-state index in [1.54, 1.807) is 11.3 Å². The van der Waals surface area contributed by atoms with Gasteiger partial charge in [0.2, 0.25) is 5.78 Å². The van der Waals surface area contributed by atoms with Gasteiger partial charge in [-0.1, -0.05) is 40.9 Å². The molecular weight excluding hydrogens is 488 g/mol. The van der Waals surface area contributed by atoms with E-state index in [0.29, 0.717) is 12.3 Å². The van der Waals surface area contributed by atoms with Crippen molar-refractivity contribution in [3.8, 4) is 0 Å². The molecule has 2 aliphatic carbocycles. The van der Waals surface area contributed by atoms with Crippen LogP contribution in [0.3, 0.4) is 0 Å². The van der Waals surface area contributed by atoms with Crippen LogP contribution < -0.4 is 0 Å². The SMILES string of the molecule is Cc1ccc(C(C2=C(O)C(=O)C(C(Cc3ccc(Br)cc3)CC3CC3)OC2=O)C2CC2)s1. The van der Waals surface area contributed by atoms with Crippen LogP contribution in [-0.2, 0) is 20.7 Å². The third-order valence-electron chi connectivity index (χ3n) is 6.85. The number of cyclic esters (lactones) is 1. The second-order valence-electron chi connectivity index (χ2n) is 9.49. The smallest absolute Gasteiger partial charge is 0.339 e. The Morgan fingerprint density at radius 2 is 1.81 bits per heavy atom. The summed E-state index contributed by atoms with van der Waals surface area (Å²) in [5, 5.41) is 11.0. The minimum atomic E-state index is -0.916. The highest BCUT2D eigenvalue weighted by Crippen LogP contribution is 2.50. The summed E-state index contributed by atoms with van der Waals surface area (Å²) in [7, 11) is 0. The highest BCUT2D eigenvalue weighted by Gasteiger charge is 2.48. The predicted octanol–water partition coefficient (Wildman–Crippen LogP) is 6.28. The maximum Gasteiger partial charge on any atom is 0.339 e. The van der Waals surface area contributed by atoms with Crippen LogP contribution in [0.5, 0.6) is 0 Å². The van der Waals surface area contributed by atoms with Crippen LogP contribution >= 0.6 is 27.3 Å². The van der Waals surface area contributed by atoms with E-state index in [1.165, 1.54) is 0 Å². The lowest BCUT2D eigenvalue weighted by molar-refractivity contribution is -0.158. The molecule has 2 fully saturated rings. The second-order valence-corrected chi connectivity index (χ2v) is 11.7. The van der Waals surface area contributed by atoms with Gasteiger partial charge in [-0.15, -0.1) is 11.3 Å². The molecule has 2 heterocycles. The maximum atomic E-state index is 13.4. The Morgan fingerprint density at radius 1 is 1.09 bits per heavy atom. The summed E-state index contributed by atoms with van der Waals surface area (Å²) in [6.45, 7) is 2.03. The molecular formula is C26H27BrO4S. The molecule has 6 heteroatoms. The summed E-state index contributed by atoms with van der Waals surface area (Å²) < 4.78 is 6.84. The minimum absolute atomic E-state index is 0.132. The van der Waals surface area contributed by atoms with Crippen LogP contribution in [-0.4, -0.2) is 23.0 Å². The number of ketones is 1. The van der Waals surface area contributed by atoms with Gasteiger partial charge in [-0.05, 0) is 74.3 Å². The van der Waals surface area contributed by atoms with Crippen molar-refractivity contribution in [3.05, 3.63) is 67.5 Å². The molecule has 3 atom stereocenters. The molecule has 2 aromatic rings. The number of halogens is 1. The van der Waals surface area contributed by atoms with Crippen LogP contribution in [0.15, 0.2) is 52.2 Å². The van der Waals surface area contributed by atoms with Crippen molar-refractivity contribution >= 4 is 39.0 Å². The fourth-order valence-electron chi connectivity index (χ4n) is 4.86. The number of rotatable bonds is 8. The topological polar surface area (TPSA) is 63.6 Å². The molecule has 3 aliphatic rings. The van der Waals surface area contributed by atoms with Gasteiger partial charge in [0.15, 0.2) is 11.9 Å². The van der Waals surface area contributed by atoms with Gasteiger partial charge in [0, 0.05) is 26.1 Å². The number of aliphatic hydroxyl groups excluding tert-OH is 1. The first kappa shape index (κ1) is 21.9. The Morgan fingerprint density at radius 3 is 2.41 bits per heavy atom. The molecule has 3 unspecified atom stereocenters. The Bertz CT molecular complexity index is 1060. The fraction of sp³-hybridized carbons (Fsp3) is 0.462. The molecule has 0 spiro atoms. The molecule has 168 valence electrons. The molecule has 1 aliphatic heterocycles. The largest absolute Gasteiger partial charge is 0.504 e. The average Bonchev–Trinajstić information content (AvgIpc) is 3.69. The standard InChI is InChI=1S/C26H27BrO4S/c1-14-2-11-20(32-14)21(17-7-8-17)22-23(28)24(29)25(31-26(22)30)18(12-15-3-4-15)13-16-5-9-19(27)10-6-16/h2,5-6,9-11,15,17-18,21,25,28H,3-4,7-8,12-13H2,1H3. The number of aryl methyl sites for hydroxylation is 1. The Labute approximate surface area is 200 Å². The van der Waals surface area contributed by atoms with Crippen molar-refractivity contribution in [1.82, 2.24) is 0 Å². The maximum absolute atomic E-state index is 13.4. The quantitative estimate of drug-likeness (QED) is 0.421. The molecule has 0 radical (unpaired) electrons. The van der Waals surface area contributed by atoms with Gasteiger partial charge in [-0.2, -0.15) is 0 Å². The van der Waals surface area contributed by atoms with Crippen LogP contribution in [0.2, 0.25) is 0 Å². The van der Waals surface area contributed by atoms with Gasteiger partial charge in [-0.3, -0.25) is 4.79 Å². The minimum Gasteiger partial charge on any atom is -0.504 e. The van der Waals surface area contributed by atoms with E-state index in [1.807, 2.05) is 43.3 Å². The molecule has 0 amide bonds. The summed E-state index contributed by atoms with van der Waals surface area (Å²) in [5.41, 5.74) is 1.27. The molecule has 0 saturated heterocycles. The molecule has 0 bridgehead atoms. The first-order valence-corrected chi connectivity index (χ1v) is 13.0. The normalized spacial score (nSPS) is 23.2. The lowest BCUT2D eigenvalue weighted by Gasteiger charge is -2.32. The van der Waals surface area contributed by atoms with Crippen molar-refractivity contribution in [3.63, 3.8) is 0 Å². The van der Waals surface area contributed by atoms with Crippen LogP contribution in [0.1, 0.15) is 53.3 Å². The molecule has 2 saturated carbocycles. The number of aliphatic hydroxyl groups is 1. The summed E-state index contributed by atoms with van der Waals surface area (Å²) in [6, 6.07) is 12.1. The number of carbonyl (C=O) groups is 2. The lowest BCUT2D eigenvalue weighted by atomic mass is 9.82. The third-order valence-corrected chi connectivity index (χ3v) is 8.46.